The average Bonchev–Trinajstić information content (AvgIpc) is 3.17. The van der Waals surface area contributed by atoms with Crippen LogP contribution in [0.25, 0.3) is 10.6 Å². The molecule has 2 aliphatic rings. The van der Waals surface area contributed by atoms with E-state index < -0.39 is 0 Å². The Hall–Kier alpha value is -1.17. The highest BCUT2D eigenvalue weighted by Gasteiger charge is 2.41. The summed E-state index contributed by atoms with van der Waals surface area (Å²) >= 11 is 1.67. The SMILES string of the molecule is OC1CCC2CN(Cc3cc(-c4cccs4)on3)CC12. The second-order valence-corrected chi connectivity index (χ2v) is 6.87. The van der Waals surface area contributed by atoms with E-state index in [0.717, 1.165) is 42.4 Å². The van der Waals surface area contributed by atoms with Crippen molar-refractivity contribution in [3.8, 4) is 10.6 Å². The number of hydrogen-bond acceptors (Lipinski definition) is 5. The molecule has 106 valence electrons. The number of aliphatic hydroxyl groups is 1. The molecule has 20 heavy (non-hydrogen) atoms. The maximum Gasteiger partial charge on any atom is 0.177 e. The van der Waals surface area contributed by atoms with Gasteiger partial charge in [0.05, 0.1) is 16.7 Å². The molecule has 0 spiro atoms. The number of aromatic nitrogens is 1. The van der Waals surface area contributed by atoms with Crippen LogP contribution < -0.4 is 0 Å². The van der Waals surface area contributed by atoms with E-state index in [9.17, 15) is 5.11 Å². The van der Waals surface area contributed by atoms with Crippen LogP contribution in [0.15, 0.2) is 28.1 Å². The van der Waals surface area contributed by atoms with Gasteiger partial charge in [-0.25, -0.2) is 0 Å². The molecule has 0 bridgehead atoms. The van der Waals surface area contributed by atoms with Gasteiger partial charge in [-0.2, -0.15) is 0 Å². The Labute approximate surface area is 122 Å². The highest BCUT2D eigenvalue weighted by Crippen LogP contribution is 2.38. The first-order valence-electron chi connectivity index (χ1n) is 7.19. The molecule has 2 aromatic heterocycles. The second kappa shape index (κ2) is 4.98. The molecule has 0 radical (unpaired) electrons. The van der Waals surface area contributed by atoms with Crippen molar-refractivity contribution in [1.29, 1.82) is 0 Å². The predicted octanol–water partition coefficient (Wildman–Crippen LogP) is 2.61. The summed E-state index contributed by atoms with van der Waals surface area (Å²) in [6.07, 6.45) is 2.06. The maximum atomic E-state index is 9.95. The zero-order valence-electron chi connectivity index (χ0n) is 11.2. The summed E-state index contributed by atoms with van der Waals surface area (Å²) in [6, 6.07) is 6.10. The molecule has 1 aliphatic carbocycles. The molecule has 2 fully saturated rings. The Morgan fingerprint density at radius 2 is 2.35 bits per heavy atom. The molecule has 3 atom stereocenters. The number of rotatable bonds is 3. The fourth-order valence-electron chi connectivity index (χ4n) is 3.61. The van der Waals surface area contributed by atoms with Crippen LogP contribution in [-0.2, 0) is 6.54 Å². The van der Waals surface area contributed by atoms with E-state index >= 15 is 0 Å². The molecule has 3 unspecified atom stereocenters. The van der Waals surface area contributed by atoms with E-state index in [1.54, 1.807) is 11.3 Å². The van der Waals surface area contributed by atoms with Gasteiger partial charge in [0.25, 0.3) is 0 Å². The Kier molecular flexibility index (Phi) is 3.13. The first-order valence-corrected chi connectivity index (χ1v) is 8.07. The number of nitrogens with zero attached hydrogens (tertiary/aromatic N) is 2. The van der Waals surface area contributed by atoms with Crippen molar-refractivity contribution in [3.05, 3.63) is 29.3 Å². The van der Waals surface area contributed by atoms with Crippen LogP contribution in [0.2, 0.25) is 0 Å². The molecule has 2 aromatic rings. The lowest BCUT2D eigenvalue weighted by molar-refractivity contribution is 0.123. The largest absolute Gasteiger partial charge is 0.393 e. The topological polar surface area (TPSA) is 49.5 Å². The van der Waals surface area contributed by atoms with Gasteiger partial charge in [-0.15, -0.1) is 11.3 Å². The second-order valence-electron chi connectivity index (χ2n) is 5.92. The van der Waals surface area contributed by atoms with Gasteiger partial charge in [0, 0.05) is 31.6 Å². The van der Waals surface area contributed by atoms with E-state index in [1.807, 2.05) is 23.6 Å². The van der Waals surface area contributed by atoms with Gasteiger partial charge in [-0.05, 0) is 30.2 Å². The van der Waals surface area contributed by atoms with E-state index in [1.165, 1.54) is 6.42 Å². The maximum absolute atomic E-state index is 9.95. The Balaban J connectivity index is 1.43. The number of hydrogen-bond donors (Lipinski definition) is 1. The molecule has 4 rings (SSSR count). The highest BCUT2D eigenvalue weighted by atomic mass is 32.1. The first kappa shape index (κ1) is 12.6. The number of fused-ring (bicyclic) bond motifs is 1. The van der Waals surface area contributed by atoms with Crippen LogP contribution in [0.1, 0.15) is 18.5 Å². The van der Waals surface area contributed by atoms with Crippen molar-refractivity contribution in [2.24, 2.45) is 11.8 Å². The van der Waals surface area contributed by atoms with Gasteiger partial charge in [-0.1, -0.05) is 11.2 Å². The van der Waals surface area contributed by atoms with Crippen LogP contribution in [0.3, 0.4) is 0 Å². The molecule has 1 N–H and O–H groups in total. The van der Waals surface area contributed by atoms with E-state index in [0.29, 0.717) is 11.8 Å². The molecule has 0 amide bonds. The summed E-state index contributed by atoms with van der Waals surface area (Å²) in [5.41, 5.74) is 0.989. The summed E-state index contributed by atoms with van der Waals surface area (Å²) in [4.78, 5) is 3.52. The standard InChI is InChI=1S/C15H18N2O2S/c18-13-4-3-10-7-17(9-12(10)13)8-11-6-14(19-16-11)15-2-1-5-20-15/h1-2,5-6,10,12-13,18H,3-4,7-9H2. The van der Waals surface area contributed by atoms with Crippen molar-refractivity contribution >= 4 is 11.3 Å². The van der Waals surface area contributed by atoms with Crippen LogP contribution >= 0.6 is 11.3 Å². The summed E-state index contributed by atoms with van der Waals surface area (Å²) in [6.45, 7) is 2.91. The Morgan fingerprint density at radius 1 is 1.40 bits per heavy atom. The van der Waals surface area contributed by atoms with Crippen LogP contribution in [0, 0.1) is 11.8 Å². The molecule has 0 aromatic carbocycles. The molecule has 3 heterocycles. The lowest BCUT2D eigenvalue weighted by Gasteiger charge is -2.16. The van der Waals surface area contributed by atoms with Crippen LogP contribution in [0.4, 0.5) is 0 Å². The molecule has 5 heteroatoms. The minimum absolute atomic E-state index is 0.0935. The van der Waals surface area contributed by atoms with Crippen molar-refractivity contribution in [2.75, 3.05) is 13.1 Å². The molecular weight excluding hydrogens is 272 g/mol. The third kappa shape index (κ3) is 2.20. The Bertz CT molecular complexity index is 580. The summed E-state index contributed by atoms with van der Waals surface area (Å²) in [5.74, 6) is 2.00. The minimum Gasteiger partial charge on any atom is -0.393 e. The zero-order chi connectivity index (χ0) is 13.5. The van der Waals surface area contributed by atoms with Gasteiger partial charge in [0.15, 0.2) is 5.76 Å². The lowest BCUT2D eigenvalue weighted by Crippen LogP contribution is -2.24. The van der Waals surface area contributed by atoms with E-state index in [-0.39, 0.29) is 6.10 Å². The number of thiophene rings is 1. The van der Waals surface area contributed by atoms with Gasteiger partial charge in [-0.3, -0.25) is 4.90 Å². The minimum atomic E-state index is -0.0935. The smallest absolute Gasteiger partial charge is 0.177 e. The van der Waals surface area contributed by atoms with Crippen LogP contribution in [0.5, 0.6) is 0 Å². The quantitative estimate of drug-likeness (QED) is 0.944. The highest BCUT2D eigenvalue weighted by molar-refractivity contribution is 7.13. The van der Waals surface area contributed by atoms with Gasteiger partial charge < -0.3 is 9.63 Å². The summed E-state index contributed by atoms with van der Waals surface area (Å²) < 4.78 is 5.42. The van der Waals surface area contributed by atoms with Crippen molar-refractivity contribution in [2.45, 2.75) is 25.5 Å². The fourth-order valence-corrected chi connectivity index (χ4v) is 4.28. The predicted molar refractivity (Wildman–Crippen MR) is 77.3 cm³/mol. The van der Waals surface area contributed by atoms with Gasteiger partial charge >= 0.3 is 0 Å². The van der Waals surface area contributed by atoms with E-state index in [4.69, 9.17) is 4.52 Å². The van der Waals surface area contributed by atoms with Gasteiger partial charge in [0.1, 0.15) is 0 Å². The number of aliphatic hydroxyl groups excluding tert-OH is 1. The van der Waals surface area contributed by atoms with Gasteiger partial charge in [0.2, 0.25) is 0 Å². The normalized spacial score (nSPS) is 29.9. The molecule has 1 aliphatic heterocycles. The Morgan fingerprint density at radius 3 is 3.15 bits per heavy atom. The van der Waals surface area contributed by atoms with E-state index in [2.05, 4.69) is 10.1 Å². The van der Waals surface area contributed by atoms with Crippen LogP contribution in [-0.4, -0.2) is 34.4 Å². The third-order valence-corrected chi connectivity index (χ3v) is 5.49. The van der Waals surface area contributed by atoms with Crippen molar-refractivity contribution in [1.82, 2.24) is 10.1 Å². The van der Waals surface area contributed by atoms with Crippen molar-refractivity contribution in [3.63, 3.8) is 0 Å². The molecule has 1 saturated heterocycles. The number of likely N-dealkylation sites (tertiary alicyclic amines) is 1. The summed E-state index contributed by atoms with van der Waals surface area (Å²) in [7, 11) is 0. The molecular formula is C15H18N2O2S. The monoisotopic (exact) mass is 290 g/mol. The third-order valence-electron chi connectivity index (χ3n) is 4.60. The zero-order valence-corrected chi connectivity index (χ0v) is 12.1. The first-order chi connectivity index (χ1) is 9.79. The van der Waals surface area contributed by atoms with Crippen molar-refractivity contribution < 1.29 is 9.63 Å². The average molecular weight is 290 g/mol. The molecule has 1 saturated carbocycles. The lowest BCUT2D eigenvalue weighted by atomic mass is 10.00. The fraction of sp³-hybridized carbons (Fsp3) is 0.533. The summed E-state index contributed by atoms with van der Waals surface area (Å²) in [5, 5.41) is 16.2. The molecule has 4 nitrogen and oxygen atoms in total.